The van der Waals surface area contributed by atoms with Gasteiger partial charge in [0.05, 0.1) is 4.34 Å². The number of fused-ring (bicyclic) bond motifs is 1. The standard InChI is InChI=1S/C15H14ClN3S/c16-15-4-1-10(20-15)5-8-19-14-3-2-13(17)12-9-18-7-6-11(12)14/h1-4,6-7,9,19H,5,8,17H2. The van der Waals surface area contributed by atoms with Gasteiger partial charge in [0.15, 0.2) is 0 Å². The minimum absolute atomic E-state index is 0.753. The van der Waals surface area contributed by atoms with Crippen molar-refractivity contribution in [1.29, 1.82) is 0 Å². The van der Waals surface area contributed by atoms with E-state index in [1.54, 1.807) is 23.7 Å². The molecule has 3 N–H and O–H groups in total. The highest BCUT2D eigenvalue weighted by atomic mass is 35.5. The van der Waals surface area contributed by atoms with Gasteiger partial charge in [-0.25, -0.2) is 0 Å². The summed E-state index contributed by atoms with van der Waals surface area (Å²) in [6, 6.07) is 9.91. The quantitative estimate of drug-likeness (QED) is 0.711. The average molecular weight is 304 g/mol. The maximum atomic E-state index is 5.97. The third-order valence-corrected chi connectivity index (χ3v) is 4.46. The molecule has 1 aromatic carbocycles. The number of hydrogen-bond acceptors (Lipinski definition) is 4. The number of nitrogens with two attached hydrogens (primary N) is 1. The molecule has 3 aromatic rings. The Labute approximate surface area is 126 Å². The number of nitrogens with one attached hydrogen (secondary N) is 1. The van der Waals surface area contributed by atoms with Crippen molar-refractivity contribution in [3.8, 4) is 0 Å². The molecule has 0 aliphatic rings. The van der Waals surface area contributed by atoms with Crippen molar-refractivity contribution in [3.63, 3.8) is 0 Å². The van der Waals surface area contributed by atoms with Crippen LogP contribution in [0.5, 0.6) is 0 Å². The molecule has 0 saturated heterocycles. The monoisotopic (exact) mass is 303 g/mol. The summed E-state index contributed by atoms with van der Waals surface area (Å²) in [5.74, 6) is 0. The lowest BCUT2D eigenvalue weighted by atomic mass is 10.1. The average Bonchev–Trinajstić information content (AvgIpc) is 2.87. The lowest BCUT2D eigenvalue weighted by Gasteiger charge is -2.10. The largest absolute Gasteiger partial charge is 0.398 e. The van der Waals surface area contributed by atoms with E-state index in [-0.39, 0.29) is 0 Å². The van der Waals surface area contributed by atoms with Crippen molar-refractivity contribution in [2.75, 3.05) is 17.6 Å². The zero-order chi connectivity index (χ0) is 13.9. The highest BCUT2D eigenvalue weighted by molar-refractivity contribution is 7.16. The van der Waals surface area contributed by atoms with Crippen LogP contribution in [0.3, 0.4) is 0 Å². The van der Waals surface area contributed by atoms with Gasteiger partial charge < -0.3 is 11.1 Å². The molecule has 0 aliphatic heterocycles. The van der Waals surface area contributed by atoms with E-state index in [0.717, 1.165) is 39.4 Å². The molecule has 0 atom stereocenters. The van der Waals surface area contributed by atoms with E-state index in [4.69, 9.17) is 17.3 Å². The van der Waals surface area contributed by atoms with Crippen molar-refractivity contribution in [3.05, 3.63) is 51.9 Å². The minimum atomic E-state index is 0.753. The normalized spacial score (nSPS) is 10.8. The zero-order valence-electron chi connectivity index (χ0n) is 10.8. The number of pyridine rings is 1. The first-order valence-corrected chi connectivity index (χ1v) is 7.54. The van der Waals surface area contributed by atoms with Gasteiger partial charge in [-0.1, -0.05) is 11.6 Å². The van der Waals surface area contributed by atoms with Crippen LogP contribution in [0.4, 0.5) is 11.4 Å². The fraction of sp³-hybridized carbons (Fsp3) is 0.133. The fourth-order valence-electron chi connectivity index (χ4n) is 2.17. The van der Waals surface area contributed by atoms with Crippen LogP contribution in [-0.4, -0.2) is 11.5 Å². The van der Waals surface area contributed by atoms with Gasteiger partial charge in [-0.2, -0.15) is 0 Å². The number of nitrogens with zero attached hydrogens (tertiary/aromatic N) is 1. The van der Waals surface area contributed by atoms with Crippen molar-refractivity contribution in [2.45, 2.75) is 6.42 Å². The van der Waals surface area contributed by atoms with E-state index in [1.807, 2.05) is 24.3 Å². The molecule has 0 spiro atoms. The van der Waals surface area contributed by atoms with Crippen molar-refractivity contribution in [1.82, 2.24) is 4.98 Å². The number of nitrogen functional groups attached to an aromatic ring is 1. The van der Waals surface area contributed by atoms with E-state index < -0.39 is 0 Å². The van der Waals surface area contributed by atoms with Crippen LogP contribution in [0.25, 0.3) is 10.8 Å². The topological polar surface area (TPSA) is 50.9 Å². The highest BCUT2D eigenvalue weighted by Gasteiger charge is 2.04. The second-order valence-corrected chi connectivity index (χ2v) is 6.31. The second-order valence-electron chi connectivity index (χ2n) is 4.51. The number of halogens is 1. The molecule has 5 heteroatoms. The first-order valence-electron chi connectivity index (χ1n) is 6.34. The molecule has 3 rings (SSSR count). The number of hydrogen-bond donors (Lipinski definition) is 2. The molecule has 3 nitrogen and oxygen atoms in total. The van der Waals surface area contributed by atoms with Gasteiger partial charge in [0.2, 0.25) is 0 Å². The molecule has 2 aromatic heterocycles. The summed E-state index contributed by atoms with van der Waals surface area (Å²) < 4.78 is 0.837. The molecule has 0 unspecified atom stereocenters. The molecule has 102 valence electrons. The smallest absolute Gasteiger partial charge is 0.0931 e. The van der Waals surface area contributed by atoms with Crippen LogP contribution in [0, 0.1) is 0 Å². The van der Waals surface area contributed by atoms with Crippen molar-refractivity contribution >= 4 is 45.1 Å². The van der Waals surface area contributed by atoms with E-state index in [1.165, 1.54) is 4.88 Å². The Morgan fingerprint density at radius 3 is 2.85 bits per heavy atom. The molecule has 2 heterocycles. The van der Waals surface area contributed by atoms with Gasteiger partial charge in [-0.3, -0.25) is 4.98 Å². The Balaban J connectivity index is 1.76. The van der Waals surface area contributed by atoms with Crippen LogP contribution in [-0.2, 0) is 6.42 Å². The lowest BCUT2D eigenvalue weighted by molar-refractivity contribution is 1.05. The summed E-state index contributed by atoms with van der Waals surface area (Å²) in [6.45, 7) is 0.859. The fourth-order valence-corrected chi connectivity index (χ4v) is 3.26. The second kappa shape index (κ2) is 5.69. The summed E-state index contributed by atoms with van der Waals surface area (Å²) in [4.78, 5) is 5.41. The molecule has 0 amide bonds. The molecular formula is C15H14ClN3S. The first kappa shape index (κ1) is 13.2. The maximum Gasteiger partial charge on any atom is 0.0931 e. The van der Waals surface area contributed by atoms with Gasteiger partial charge in [-0.05, 0) is 36.8 Å². The molecule has 0 radical (unpaired) electrons. The van der Waals surface area contributed by atoms with Crippen LogP contribution in [0.2, 0.25) is 4.34 Å². The Morgan fingerprint density at radius 1 is 1.15 bits per heavy atom. The minimum Gasteiger partial charge on any atom is -0.398 e. The predicted molar refractivity (Wildman–Crippen MR) is 87.7 cm³/mol. The van der Waals surface area contributed by atoms with Crippen LogP contribution < -0.4 is 11.1 Å². The van der Waals surface area contributed by atoms with E-state index in [0.29, 0.717) is 0 Å². The highest BCUT2D eigenvalue weighted by Crippen LogP contribution is 2.27. The first-order chi connectivity index (χ1) is 9.74. The number of anilines is 2. The Hall–Kier alpha value is -1.78. The zero-order valence-corrected chi connectivity index (χ0v) is 12.3. The summed E-state index contributed by atoms with van der Waals surface area (Å²) >= 11 is 7.55. The predicted octanol–water partition coefficient (Wildman–Crippen LogP) is 4.19. The molecule has 0 bridgehead atoms. The van der Waals surface area contributed by atoms with Gasteiger partial charge in [0, 0.05) is 46.0 Å². The Morgan fingerprint density at radius 2 is 2.05 bits per heavy atom. The third-order valence-electron chi connectivity index (χ3n) is 3.17. The molecule has 0 fully saturated rings. The lowest BCUT2D eigenvalue weighted by Crippen LogP contribution is -2.04. The van der Waals surface area contributed by atoms with Gasteiger partial charge in [0.25, 0.3) is 0 Å². The summed E-state index contributed by atoms with van der Waals surface area (Å²) in [5, 5.41) is 5.54. The van der Waals surface area contributed by atoms with E-state index >= 15 is 0 Å². The molecule has 0 saturated carbocycles. The SMILES string of the molecule is Nc1ccc(NCCc2ccc(Cl)s2)c2ccncc12. The van der Waals surface area contributed by atoms with Gasteiger partial charge in [0.1, 0.15) is 0 Å². The van der Waals surface area contributed by atoms with Crippen LogP contribution in [0.1, 0.15) is 4.88 Å². The number of aromatic nitrogens is 1. The third kappa shape index (κ3) is 2.71. The number of rotatable bonds is 4. The van der Waals surface area contributed by atoms with Crippen molar-refractivity contribution < 1.29 is 0 Å². The van der Waals surface area contributed by atoms with Crippen LogP contribution in [0.15, 0.2) is 42.7 Å². The summed E-state index contributed by atoms with van der Waals surface area (Å²) in [5.41, 5.74) is 7.80. The van der Waals surface area contributed by atoms with E-state index in [9.17, 15) is 0 Å². The van der Waals surface area contributed by atoms with Gasteiger partial charge >= 0.3 is 0 Å². The number of thiophene rings is 1. The Bertz CT molecular complexity index is 739. The Kier molecular flexibility index (Phi) is 3.76. The van der Waals surface area contributed by atoms with Crippen LogP contribution >= 0.6 is 22.9 Å². The summed E-state index contributed by atoms with van der Waals surface area (Å²) in [6.07, 6.45) is 4.54. The van der Waals surface area contributed by atoms with Crippen molar-refractivity contribution in [2.24, 2.45) is 0 Å². The molecular weight excluding hydrogens is 290 g/mol. The molecule has 0 aliphatic carbocycles. The molecule has 20 heavy (non-hydrogen) atoms. The summed E-state index contributed by atoms with van der Waals surface area (Å²) in [7, 11) is 0. The van der Waals surface area contributed by atoms with Gasteiger partial charge in [-0.15, -0.1) is 11.3 Å². The van der Waals surface area contributed by atoms with E-state index in [2.05, 4.69) is 16.4 Å². The number of benzene rings is 1. The maximum absolute atomic E-state index is 5.97.